The molecule has 1 unspecified atom stereocenters. The van der Waals surface area contributed by atoms with E-state index >= 15 is 0 Å². The summed E-state index contributed by atoms with van der Waals surface area (Å²) in [5.74, 6) is -0.00672. The number of nitrogens with zero attached hydrogens (tertiary/aromatic N) is 1. The quantitative estimate of drug-likeness (QED) is 0.586. The molecule has 0 aliphatic rings. The van der Waals surface area contributed by atoms with Gasteiger partial charge in [0.25, 0.3) is 5.91 Å². The molecule has 1 heterocycles. The molecule has 0 saturated carbocycles. The zero-order chi connectivity index (χ0) is 18.4. The Morgan fingerprint density at radius 2 is 1.92 bits per heavy atom. The number of amides is 1. The summed E-state index contributed by atoms with van der Waals surface area (Å²) in [5, 5.41) is 5.83. The highest BCUT2D eigenvalue weighted by Gasteiger charge is 2.19. The van der Waals surface area contributed by atoms with Crippen LogP contribution >= 0.6 is 23.1 Å². The molecular formula is C18H22N2O3S2. The van der Waals surface area contributed by atoms with Crippen LogP contribution < -0.4 is 5.32 Å². The molecule has 0 radical (unpaired) electrons. The molecule has 134 valence electrons. The average Bonchev–Trinajstić information content (AvgIpc) is 2.98. The van der Waals surface area contributed by atoms with Crippen molar-refractivity contribution in [3.63, 3.8) is 0 Å². The van der Waals surface area contributed by atoms with E-state index in [9.17, 15) is 9.59 Å². The van der Waals surface area contributed by atoms with E-state index in [-0.39, 0.29) is 11.9 Å². The fourth-order valence-electron chi connectivity index (χ4n) is 2.00. The van der Waals surface area contributed by atoms with E-state index in [2.05, 4.69) is 15.7 Å². The summed E-state index contributed by atoms with van der Waals surface area (Å²) in [6.07, 6.45) is -0.822. The monoisotopic (exact) mass is 378 g/mol. The first-order valence-electron chi connectivity index (χ1n) is 8.00. The summed E-state index contributed by atoms with van der Waals surface area (Å²) < 4.78 is 5.20. The fraction of sp³-hybridized carbons (Fsp3) is 0.389. The lowest BCUT2D eigenvalue weighted by atomic mass is 10.2. The lowest BCUT2D eigenvalue weighted by Crippen LogP contribution is -2.39. The third-order valence-corrected chi connectivity index (χ3v) is 5.10. The Morgan fingerprint density at radius 3 is 2.48 bits per heavy atom. The second-order valence-corrected chi connectivity index (χ2v) is 7.99. The molecule has 5 nitrogen and oxygen atoms in total. The van der Waals surface area contributed by atoms with Crippen LogP contribution in [0.4, 0.5) is 0 Å². The number of benzene rings is 1. The van der Waals surface area contributed by atoms with E-state index in [0.717, 1.165) is 21.3 Å². The first kappa shape index (κ1) is 19.5. The first-order chi connectivity index (χ1) is 11.8. The van der Waals surface area contributed by atoms with Crippen LogP contribution in [0.3, 0.4) is 0 Å². The van der Waals surface area contributed by atoms with E-state index in [1.165, 1.54) is 0 Å². The van der Waals surface area contributed by atoms with Gasteiger partial charge in [-0.15, -0.1) is 23.1 Å². The molecule has 2 rings (SSSR count). The van der Waals surface area contributed by atoms with Gasteiger partial charge >= 0.3 is 5.97 Å². The van der Waals surface area contributed by atoms with Gasteiger partial charge in [0, 0.05) is 22.1 Å². The minimum Gasteiger partial charge on any atom is -0.449 e. The standard InChI is InChI=1S/C18H22N2O3S2/c1-11(2)19-17(21)12(3)23-18(22)14-5-7-16(8-6-14)25-10-15-9-24-13(4)20-15/h5-9,11-12H,10H2,1-4H3,(H,19,21). The van der Waals surface area contributed by atoms with Crippen LogP contribution in [0.25, 0.3) is 0 Å². The largest absolute Gasteiger partial charge is 0.449 e. The van der Waals surface area contributed by atoms with Gasteiger partial charge in [0.05, 0.1) is 16.3 Å². The Bertz CT molecular complexity index is 726. The number of esters is 1. The van der Waals surface area contributed by atoms with E-state index in [0.29, 0.717) is 5.56 Å². The van der Waals surface area contributed by atoms with E-state index in [4.69, 9.17) is 4.74 Å². The van der Waals surface area contributed by atoms with Crippen molar-refractivity contribution in [2.75, 3.05) is 0 Å². The summed E-state index contributed by atoms with van der Waals surface area (Å²) in [5.41, 5.74) is 1.49. The molecule has 25 heavy (non-hydrogen) atoms. The van der Waals surface area contributed by atoms with Crippen LogP contribution in [0.1, 0.15) is 41.8 Å². The molecule has 1 atom stereocenters. The highest BCUT2D eigenvalue weighted by atomic mass is 32.2. The molecule has 2 aromatic rings. The molecule has 0 aliphatic carbocycles. The topological polar surface area (TPSA) is 68.3 Å². The van der Waals surface area contributed by atoms with Gasteiger partial charge in [-0.3, -0.25) is 4.79 Å². The predicted molar refractivity (Wildman–Crippen MR) is 101 cm³/mol. The molecule has 0 aliphatic heterocycles. The van der Waals surface area contributed by atoms with Crippen LogP contribution in [0, 0.1) is 6.92 Å². The van der Waals surface area contributed by atoms with Gasteiger partial charge < -0.3 is 10.1 Å². The molecule has 0 saturated heterocycles. The van der Waals surface area contributed by atoms with Gasteiger partial charge in [0.2, 0.25) is 0 Å². The number of carbonyl (C=O) groups is 2. The number of aryl methyl sites for hydroxylation is 1. The molecule has 0 fully saturated rings. The number of hydrogen-bond acceptors (Lipinski definition) is 6. The molecule has 0 spiro atoms. The van der Waals surface area contributed by atoms with Crippen molar-refractivity contribution in [1.29, 1.82) is 0 Å². The van der Waals surface area contributed by atoms with Gasteiger partial charge in [-0.25, -0.2) is 9.78 Å². The number of thiazole rings is 1. The Balaban J connectivity index is 1.88. The average molecular weight is 379 g/mol. The highest BCUT2D eigenvalue weighted by molar-refractivity contribution is 7.98. The molecule has 1 aromatic carbocycles. The summed E-state index contributed by atoms with van der Waals surface area (Å²) in [7, 11) is 0. The predicted octanol–water partition coefficient (Wildman–Crippen LogP) is 3.81. The van der Waals surface area contributed by atoms with Crippen molar-refractivity contribution < 1.29 is 14.3 Å². The number of hydrogen-bond donors (Lipinski definition) is 1. The minimum absolute atomic E-state index is 0.00599. The zero-order valence-corrected chi connectivity index (χ0v) is 16.4. The second kappa shape index (κ2) is 9.01. The highest BCUT2D eigenvalue weighted by Crippen LogP contribution is 2.24. The molecule has 7 heteroatoms. The molecule has 1 amide bonds. The smallest absolute Gasteiger partial charge is 0.338 e. The van der Waals surface area contributed by atoms with Crippen LogP contribution in [0.15, 0.2) is 34.5 Å². The van der Waals surface area contributed by atoms with Gasteiger partial charge in [0.1, 0.15) is 0 Å². The van der Waals surface area contributed by atoms with Gasteiger partial charge in [-0.05, 0) is 52.0 Å². The molecule has 1 aromatic heterocycles. The Kier molecular flexibility index (Phi) is 7.01. The van der Waals surface area contributed by atoms with Crippen LogP contribution in [-0.2, 0) is 15.3 Å². The second-order valence-electron chi connectivity index (χ2n) is 5.88. The minimum atomic E-state index is -0.822. The van der Waals surface area contributed by atoms with E-state index in [1.54, 1.807) is 42.2 Å². The Morgan fingerprint density at radius 1 is 1.24 bits per heavy atom. The number of rotatable bonds is 7. The lowest BCUT2D eigenvalue weighted by Gasteiger charge is -2.15. The number of thioether (sulfide) groups is 1. The first-order valence-corrected chi connectivity index (χ1v) is 9.87. The number of nitrogens with one attached hydrogen (secondary N) is 1. The zero-order valence-electron chi connectivity index (χ0n) is 14.7. The van der Waals surface area contributed by atoms with Crippen LogP contribution in [-0.4, -0.2) is 29.0 Å². The summed E-state index contributed by atoms with van der Waals surface area (Å²) in [4.78, 5) is 29.4. The molecule has 1 N–H and O–H groups in total. The molecule has 0 bridgehead atoms. The summed E-state index contributed by atoms with van der Waals surface area (Å²) in [6, 6.07) is 7.18. The van der Waals surface area contributed by atoms with Crippen molar-refractivity contribution in [1.82, 2.24) is 10.3 Å². The van der Waals surface area contributed by atoms with Crippen molar-refractivity contribution >= 4 is 35.0 Å². The normalized spacial score (nSPS) is 12.0. The maximum atomic E-state index is 12.1. The lowest BCUT2D eigenvalue weighted by molar-refractivity contribution is -0.129. The SMILES string of the molecule is Cc1nc(CSc2ccc(C(=O)OC(C)C(=O)NC(C)C)cc2)cs1. The Hall–Kier alpha value is -1.86. The number of carbonyl (C=O) groups excluding carboxylic acids is 2. The summed E-state index contributed by atoms with van der Waals surface area (Å²) >= 11 is 3.30. The van der Waals surface area contributed by atoms with E-state index in [1.807, 2.05) is 32.9 Å². The van der Waals surface area contributed by atoms with Crippen molar-refractivity contribution in [2.24, 2.45) is 0 Å². The number of ether oxygens (including phenoxy) is 1. The third-order valence-electron chi connectivity index (χ3n) is 3.23. The maximum Gasteiger partial charge on any atom is 0.338 e. The van der Waals surface area contributed by atoms with Gasteiger partial charge in [-0.2, -0.15) is 0 Å². The maximum absolute atomic E-state index is 12.1. The van der Waals surface area contributed by atoms with Crippen molar-refractivity contribution in [3.05, 3.63) is 45.9 Å². The van der Waals surface area contributed by atoms with Crippen molar-refractivity contribution in [3.8, 4) is 0 Å². The van der Waals surface area contributed by atoms with Gasteiger partial charge in [0.15, 0.2) is 6.10 Å². The van der Waals surface area contributed by atoms with Crippen molar-refractivity contribution in [2.45, 2.75) is 50.5 Å². The van der Waals surface area contributed by atoms with Gasteiger partial charge in [-0.1, -0.05) is 0 Å². The third kappa shape index (κ3) is 6.17. The molecular weight excluding hydrogens is 356 g/mol. The van der Waals surface area contributed by atoms with E-state index < -0.39 is 12.1 Å². The Labute approximate surface area is 156 Å². The van der Waals surface area contributed by atoms with Crippen LogP contribution in [0.2, 0.25) is 0 Å². The van der Waals surface area contributed by atoms with Crippen LogP contribution in [0.5, 0.6) is 0 Å². The summed E-state index contributed by atoms with van der Waals surface area (Å²) in [6.45, 7) is 7.27. The fourth-order valence-corrected chi connectivity index (χ4v) is 3.51. The number of aromatic nitrogens is 1.